The molecule has 0 saturated heterocycles. The van der Waals surface area contributed by atoms with Crippen molar-refractivity contribution in [2.75, 3.05) is 19.7 Å². The molecule has 0 aliphatic heterocycles. The predicted octanol–water partition coefficient (Wildman–Crippen LogP) is 2.98. The van der Waals surface area contributed by atoms with Crippen molar-refractivity contribution in [3.05, 3.63) is 0 Å². The minimum absolute atomic E-state index is 0.00631. The minimum Gasteiger partial charge on any atom is -0.377 e. The molecule has 2 nitrogen and oxygen atoms in total. The molecule has 5 heteroatoms. The number of rotatable bonds is 8. The third kappa shape index (κ3) is 8.97. The van der Waals surface area contributed by atoms with Gasteiger partial charge in [-0.1, -0.05) is 20.8 Å². The Balaban J connectivity index is 3.68. The van der Waals surface area contributed by atoms with Crippen LogP contribution in [0.2, 0.25) is 0 Å². The first-order chi connectivity index (χ1) is 7.37. The summed E-state index contributed by atoms with van der Waals surface area (Å²) >= 11 is 0. The Morgan fingerprint density at radius 1 is 1.25 bits per heavy atom. The van der Waals surface area contributed by atoms with E-state index in [0.717, 1.165) is 6.54 Å². The van der Waals surface area contributed by atoms with Crippen molar-refractivity contribution < 1.29 is 17.9 Å². The average molecular weight is 241 g/mol. The fourth-order valence-electron chi connectivity index (χ4n) is 1.28. The number of halogens is 3. The fourth-order valence-corrected chi connectivity index (χ4v) is 1.28. The number of hydrogen-bond donors (Lipinski definition) is 1. The summed E-state index contributed by atoms with van der Waals surface area (Å²) in [5, 5.41) is 3.14. The molecular formula is C11H22F3NO. The molecule has 0 bridgehead atoms. The molecule has 0 saturated carbocycles. The Labute approximate surface area is 95.5 Å². The summed E-state index contributed by atoms with van der Waals surface area (Å²) in [4.78, 5) is 0. The van der Waals surface area contributed by atoms with E-state index in [9.17, 15) is 13.2 Å². The van der Waals surface area contributed by atoms with Crippen molar-refractivity contribution in [1.82, 2.24) is 5.32 Å². The van der Waals surface area contributed by atoms with Gasteiger partial charge in [-0.25, -0.2) is 0 Å². The highest BCUT2D eigenvalue weighted by atomic mass is 19.4. The number of alkyl halides is 3. The van der Waals surface area contributed by atoms with E-state index in [1.807, 2.05) is 20.8 Å². The van der Waals surface area contributed by atoms with Crippen LogP contribution < -0.4 is 5.32 Å². The van der Waals surface area contributed by atoms with Gasteiger partial charge in [-0.15, -0.1) is 0 Å². The molecule has 1 N–H and O–H groups in total. The molecule has 0 aromatic rings. The molecule has 0 radical (unpaired) electrons. The van der Waals surface area contributed by atoms with Crippen LogP contribution in [0.1, 0.15) is 33.6 Å². The van der Waals surface area contributed by atoms with Gasteiger partial charge in [-0.3, -0.25) is 0 Å². The largest absolute Gasteiger partial charge is 0.389 e. The third-order valence-electron chi connectivity index (χ3n) is 2.28. The molecule has 0 fully saturated rings. The molecule has 0 spiro atoms. The molecule has 0 heterocycles. The number of ether oxygens (including phenoxy) is 1. The zero-order chi connectivity index (χ0) is 12.6. The zero-order valence-corrected chi connectivity index (χ0v) is 10.2. The molecule has 0 aliphatic rings. The second kappa shape index (κ2) is 7.90. The summed E-state index contributed by atoms with van der Waals surface area (Å²) in [6.45, 7) is 7.71. The average Bonchev–Trinajstić information content (AvgIpc) is 2.14. The van der Waals surface area contributed by atoms with Gasteiger partial charge in [0.25, 0.3) is 0 Å². The Hall–Kier alpha value is -0.290. The van der Waals surface area contributed by atoms with E-state index < -0.39 is 12.6 Å². The summed E-state index contributed by atoms with van der Waals surface area (Å²) in [6, 6.07) is 0. The minimum atomic E-state index is -4.07. The highest BCUT2D eigenvalue weighted by Gasteiger charge is 2.26. The van der Waals surface area contributed by atoms with Crippen LogP contribution in [0.3, 0.4) is 0 Å². The van der Waals surface area contributed by atoms with E-state index in [0.29, 0.717) is 12.5 Å². The summed E-state index contributed by atoms with van der Waals surface area (Å²) in [5.74, 6) is 0.310. The standard InChI is InChI=1S/C11H22F3NO/c1-4-15-8-10(9(2)3)16-7-5-6-11(12,13)14/h9-10,15H,4-8H2,1-3H3. The Morgan fingerprint density at radius 3 is 2.31 bits per heavy atom. The van der Waals surface area contributed by atoms with Gasteiger partial charge < -0.3 is 10.1 Å². The highest BCUT2D eigenvalue weighted by Crippen LogP contribution is 2.21. The van der Waals surface area contributed by atoms with Crippen LogP contribution in [0, 0.1) is 5.92 Å². The normalized spacial score (nSPS) is 14.4. The van der Waals surface area contributed by atoms with Gasteiger partial charge in [-0.2, -0.15) is 13.2 Å². The van der Waals surface area contributed by atoms with Crippen LogP contribution in [0.4, 0.5) is 13.2 Å². The van der Waals surface area contributed by atoms with Crippen LogP contribution in [0.15, 0.2) is 0 Å². The Morgan fingerprint density at radius 2 is 1.88 bits per heavy atom. The van der Waals surface area contributed by atoms with E-state index in [1.165, 1.54) is 0 Å². The van der Waals surface area contributed by atoms with E-state index in [1.54, 1.807) is 0 Å². The molecule has 16 heavy (non-hydrogen) atoms. The molecule has 0 rings (SSSR count). The van der Waals surface area contributed by atoms with Crippen molar-refractivity contribution in [1.29, 1.82) is 0 Å². The van der Waals surface area contributed by atoms with Gasteiger partial charge in [-0.05, 0) is 18.9 Å². The van der Waals surface area contributed by atoms with Crippen LogP contribution in [-0.4, -0.2) is 32.0 Å². The monoisotopic (exact) mass is 241 g/mol. The van der Waals surface area contributed by atoms with Gasteiger partial charge in [0.15, 0.2) is 0 Å². The summed E-state index contributed by atoms with van der Waals surface area (Å²) in [7, 11) is 0. The third-order valence-corrected chi connectivity index (χ3v) is 2.28. The number of likely N-dealkylation sites (N-methyl/N-ethyl adjacent to an activating group) is 1. The van der Waals surface area contributed by atoms with Gasteiger partial charge in [0, 0.05) is 19.6 Å². The Bertz CT molecular complexity index is 171. The topological polar surface area (TPSA) is 21.3 Å². The molecule has 1 unspecified atom stereocenters. The van der Waals surface area contributed by atoms with Gasteiger partial charge in [0.1, 0.15) is 0 Å². The lowest BCUT2D eigenvalue weighted by atomic mass is 10.1. The molecule has 0 amide bonds. The maximum Gasteiger partial charge on any atom is 0.389 e. The molecule has 0 aliphatic carbocycles. The lowest BCUT2D eigenvalue weighted by Gasteiger charge is -2.22. The quantitative estimate of drug-likeness (QED) is 0.660. The maximum absolute atomic E-state index is 11.9. The molecule has 1 atom stereocenters. The van der Waals surface area contributed by atoms with Gasteiger partial charge >= 0.3 is 6.18 Å². The van der Waals surface area contributed by atoms with Crippen LogP contribution in [-0.2, 0) is 4.74 Å². The van der Waals surface area contributed by atoms with Crippen LogP contribution >= 0.6 is 0 Å². The van der Waals surface area contributed by atoms with Crippen molar-refractivity contribution in [2.24, 2.45) is 5.92 Å². The predicted molar refractivity (Wildman–Crippen MR) is 58.4 cm³/mol. The first-order valence-corrected chi connectivity index (χ1v) is 5.76. The molecular weight excluding hydrogens is 219 g/mol. The van der Waals surface area contributed by atoms with Crippen molar-refractivity contribution in [3.63, 3.8) is 0 Å². The van der Waals surface area contributed by atoms with Gasteiger partial charge in [0.05, 0.1) is 6.10 Å². The van der Waals surface area contributed by atoms with Crippen molar-refractivity contribution >= 4 is 0 Å². The van der Waals surface area contributed by atoms with Crippen LogP contribution in [0.5, 0.6) is 0 Å². The second-order valence-corrected chi connectivity index (χ2v) is 4.18. The SMILES string of the molecule is CCNCC(OCCCC(F)(F)F)C(C)C. The number of hydrogen-bond acceptors (Lipinski definition) is 2. The lowest BCUT2D eigenvalue weighted by Crippen LogP contribution is -2.33. The highest BCUT2D eigenvalue weighted by molar-refractivity contribution is 4.65. The van der Waals surface area contributed by atoms with Crippen molar-refractivity contribution in [3.8, 4) is 0 Å². The first kappa shape index (κ1) is 15.7. The summed E-state index contributed by atoms with van der Waals surface area (Å²) in [6.07, 6.45) is -4.80. The molecule has 0 aromatic heterocycles. The number of nitrogens with one attached hydrogen (secondary N) is 1. The van der Waals surface area contributed by atoms with Crippen molar-refractivity contribution in [2.45, 2.75) is 45.9 Å². The van der Waals surface area contributed by atoms with E-state index in [2.05, 4.69) is 5.32 Å². The van der Waals surface area contributed by atoms with E-state index >= 15 is 0 Å². The van der Waals surface area contributed by atoms with E-state index in [-0.39, 0.29) is 19.1 Å². The van der Waals surface area contributed by atoms with Crippen LogP contribution in [0.25, 0.3) is 0 Å². The lowest BCUT2D eigenvalue weighted by molar-refractivity contribution is -0.139. The fraction of sp³-hybridized carbons (Fsp3) is 1.00. The molecule has 98 valence electrons. The smallest absolute Gasteiger partial charge is 0.377 e. The zero-order valence-electron chi connectivity index (χ0n) is 10.2. The van der Waals surface area contributed by atoms with E-state index in [4.69, 9.17) is 4.74 Å². The first-order valence-electron chi connectivity index (χ1n) is 5.76. The second-order valence-electron chi connectivity index (χ2n) is 4.18. The molecule has 0 aromatic carbocycles. The summed E-state index contributed by atoms with van der Waals surface area (Å²) < 4.78 is 41.1. The Kier molecular flexibility index (Phi) is 7.76. The maximum atomic E-state index is 11.9. The summed E-state index contributed by atoms with van der Waals surface area (Å²) in [5.41, 5.74) is 0. The van der Waals surface area contributed by atoms with Gasteiger partial charge in [0.2, 0.25) is 0 Å².